The van der Waals surface area contributed by atoms with E-state index < -0.39 is 15.9 Å². The van der Waals surface area contributed by atoms with Crippen molar-refractivity contribution in [3.63, 3.8) is 0 Å². The molecule has 0 radical (unpaired) electrons. The van der Waals surface area contributed by atoms with Crippen LogP contribution in [0.4, 0.5) is 0 Å². The van der Waals surface area contributed by atoms with E-state index in [0.717, 1.165) is 5.56 Å². The molecule has 10 heteroatoms. The third-order valence-electron chi connectivity index (χ3n) is 5.27. The molecule has 0 bridgehead atoms. The van der Waals surface area contributed by atoms with Gasteiger partial charge in [0, 0.05) is 37.2 Å². The molecule has 2 aliphatic heterocycles. The van der Waals surface area contributed by atoms with Crippen molar-refractivity contribution < 1.29 is 28.0 Å². The summed E-state index contributed by atoms with van der Waals surface area (Å²) in [6, 6.07) is 4.84. The Labute approximate surface area is 164 Å². The average molecular weight is 411 g/mol. The van der Waals surface area contributed by atoms with Gasteiger partial charge in [-0.3, -0.25) is 14.8 Å². The first-order valence-electron chi connectivity index (χ1n) is 9.21. The monoisotopic (exact) mass is 411 g/mol. The number of nitrogens with one attached hydrogen (secondary N) is 1. The van der Waals surface area contributed by atoms with Crippen molar-refractivity contribution >= 4 is 21.8 Å². The summed E-state index contributed by atoms with van der Waals surface area (Å²) < 4.78 is 30.3. The first kappa shape index (κ1) is 20.6. The second-order valence-corrected chi connectivity index (χ2v) is 9.22. The van der Waals surface area contributed by atoms with E-state index in [9.17, 15) is 18.0 Å². The number of hydrogen-bond acceptors (Lipinski definition) is 6. The van der Waals surface area contributed by atoms with E-state index in [4.69, 9.17) is 9.94 Å². The Morgan fingerprint density at radius 2 is 1.96 bits per heavy atom. The molecule has 2 N–H and O–H groups in total. The second kappa shape index (κ2) is 8.46. The number of ether oxygens (including phenoxy) is 1. The summed E-state index contributed by atoms with van der Waals surface area (Å²) in [5.41, 5.74) is 2.66. The highest BCUT2D eigenvalue weighted by Crippen LogP contribution is 2.27. The van der Waals surface area contributed by atoms with E-state index in [1.807, 2.05) is 0 Å². The fourth-order valence-electron chi connectivity index (χ4n) is 3.61. The topological polar surface area (TPSA) is 116 Å². The van der Waals surface area contributed by atoms with Crippen LogP contribution in [0.3, 0.4) is 0 Å². The van der Waals surface area contributed by atoms with Crippen LogP contribution in [0.15, 0.2) is 18.2 Å². The quantitative estimate of drug-likeness (QED) is 0.553. The molecule has 0 aliphatic carbocycles. The molecule has 0 aromatic heterocycles. The van der Waals surface area contributed by atoms with Gasteiger partial charge in [0.1, 0.15) is 12.4 Å². The highest BCUT2D eigenvalue weighted by molar-refractivity contribution is 7.88. The number of fused-ring (bicyclic) bond motifs is 1. The lowest BCUT2D eigenvalue weighted by Gasteiger charge is -2.31. The van der Waals surface area contributed by atoms with Gasteiger partial charge in [0.05, 0.1) is 12.8 Å². The lowest BCUT2D eigenvalue weighted by Crippen LogP contribution is -2.40. The first-order chi connectivity index (χ1) is 13.3. The van der Waals surface area contributed by atoms with E-state index in [-0.39, 0.29) is 17.4 Å². The van der Waals surface area contributed by atoms with Gasteiger partial charge < -0.3 is 9.64 Å². The summed E-state index contributed by atoms with van der Waals surface area (Å²) in [6.45, 7) is 2.06. The molecule has 0 atom stereocenters. The Balaban J connectivity index is 1.60. The Bertz CT molecular complexity index is 849. The van der Waals surface area contributed by atoms with Gasteiger partial charge in [-0.15, -0.1) is 0 Å². The van der Waals surface area contributed by atoms with Crippen molar-refractivity contribution in [1.82, 2.24) is 14.7 Å². The molecule has 1 fully saturated rings. The van der Waals surface area contributed by atoms with E-state index in [1.165, 1.54) is 10.6 Å². The summed E-state index contributed by atoms with van der Waals surface area (Å²) in [6.07, 6.45) is 2.96. The van der Waals surface area contributed by atoms with Crippen LogP contribution in [0.5, 0.6) is 5.75 Å². The molecule has 0 unspecified atom stereocenters. The van der Waals surface area contributed by atoms with Gasteiger partial charge in [0.25, 0.3) is 5.91 Å². The molecule has 0 saturated carbocycles. The standard InChI is InChI=1S/C18H25N3O6S/c1-28(25,26)21-6-4-13(5-7-21)10-17(22)20-8-9-27-16-11-14(18(23)19-24)2-3-15(16)12-20/h2-3,11,13,24H,4-10,12H2,1H3,(H,19,23). The number of nitrogens with zero attached hydrogens (tertiary/aromatic N) is 2. The van der Waals surface area contributed by atoms with Crippen LogP contribution >= 0.6 is 0 Å². The normalized spacial score (nSPS) is 18.7. The molecule has 2 amide bonds. The van der Waals surface area contributed by atoms with Crippen LogP contribution in [-0.2, 0) is 21.4 Å². The molecule has 9 nitrogen and oxygen atoms in total. The molecule has 2 heterocycles. The van der Waals surface area contributed by atoms with Crippen molar-refractivity contribution in [2.24, 2.45) is 5.92 Å². The number of rotatable bonds is 4. The summed E-state index contributed by atoms with van der Waals surface area (Å²) in [5.74, 6) is 0.0954. The van der Waals surface area contributed by atoms with Crippen LogP contribution in [0.1, 0.15) is 35.2 Å². The third kappa shape index (κ3) is 4.81. The molecule has 1 aromatic rings. The number of benzene rings is 1. The predicted molar refractivity (Wildman–Crippen MR) is 100 cm³/mol. The molecule has 0 spiro atoms. The minimum atomic E-state index is -3.17. The molecule has 1 aromatic carbocycles. The van der Waals surface area contributed by atoms with Crippen molar-refractivity contribution in [2.45, 2.75) is 25.8 Å². The van der Waals surface area contributed by atoms with Gasteiger partial charge in [0.2, 0.25) is 15.9 Å². The van der Waals surface area contributed by atoms with Crippen LogP contribution in [-0.4, -0.2) is 67.1 Å². The summed E-state index contributed by atoms with van der Waals surface area (Å²) in [4.78, 5) is 26.0. The van der Waals surface area contributed by atoms with E-state index >= 15 is 0 Å². The van der Waals surface area contributed by atoms with Gasteiger partial charge in [-0.1, -0.05) is 6.07 Å². The Kier molecular flexibility index (Phi) is 6.21. The Morgan fingerprint density at radius 3 is 2.61 bits per heavy atom. The van der Waals surface area contributed by atoms with Gasteiger partial charge in [-0.05, 0) is 30.9 Å². The molecule has 1 saturated heterocycles. The maximum absolute atomic E-state index is 12.8. The average Bonchev–Trinajstić information content (AvgIpc) is 2.89. The zero-order valence-electron chi connectivity index (χ0n) is 15.8. The van der Waals surface area contributed by atoms with E-state index in [2.05, 4.69) is 0 Å². The Hall–Kier alpha value is -2.17. The van der Waals surface area contributed by atoms with Crippen LogP contribution in [0.25, 0.3) is 0 Å². The van der Waals surface area contributed by atoms with Gasteiger partial charge in [0.15, 0.2) is 0 Å². The smallest absolute Gasteiger partial charge is 0.274 e. The second-order valence-electron chi connectivity index (χ2n) is 7.24. The molecule has 2 aliphatic rings. The lowest BCUT2D eigenvalue weighted by atomic mass is 9.94. The first-order valence-corrected chi connectivity index (χ1v) is 11.1. The maximum atomic E-state index is 12.8. The minimum Gasteiger partial charge on any atom is -0.491 e. The maximum Gasteiger partial charge on any atom is 0.274 e. The fraction of sp³-hybridized carbons (Fsp3) is 0.556. The SMILES string of the molecule is CS(=O)(=O)N1CCC(CC(=O)N2CCOc3cc(C(=O)NO)ccc3C2)CC1. The number of sulfonamides is 1. The van der Waals surface area contributed by atoms with Gasteiger partial charge >= 0.3 is 0 Å². The van der Waals surface area contributed by atoms with Crippen molar-refractivity contribution in [1.29, 1.82) is 0 Å². The van der Waals surface area contributed by atoms with Crippen molar-refractivity contribution in [3.05, 3.63) is 29.3 Å². The number of amides is 2. The summed E-state index contributed by atoms with van der Waals surface area (Å²) >= 11 is 0. The lowest BCUT2D eigenvalue weighted by molar-refractivity contribution is -0.133. The third-order valence-corrected chi connectivity index (χ3v) is 6.57. The zero-order valence-corrected chi connectivity index (χ0v) is 16.6. The van der Waals surface area contributed by atoms with Gasteiger partial charge in [-0.25, -0.2) is 18.2 Å². The molecular formula is C18H25N3O6S. The van der Waals surface area contributed by atoms with Gasteiger partial charge in [-0.2, -0.15) is 0 Å². The largest absolute Gasteiger partial charge is 0.491 e. The number of carbonyl (C=O) groups excluding carboxylic acids is 2. The van der Waals surface area contributed by atoms with Crippen LogP contribution in [0, 0.1) is 5.92 Å². The number of hydrogen-bond donors (Lipinski definition) is 2. The van der Waals surface area contributed by atoms with Crippen LogP contribution < -0.4 is 10.2 Å². The minimum absolute atomic E-state index is 0.0198. The predicted octanol–water partition coefficient (Wildman–Crippen LogP) is 0.588. The van der Waals surface area contributed by atoms with E-state index in [1.54, 1.807) is 28.6 Å². The highest BCUT2D eigenvalue weighted by atomic mass is 32.2. The van der Waals surface area contributed by atoms with E-state index in [0.29, 0.717) is 57.8 Å². The number of piperidine rings is 1. The number of hydroxylamine groups is 1. The zero-order chi connectivity index (χ0) is 20.3. The fourth-order valence-corrected chi connectivity index (χ4v) is 4.48. The molecular weight excluding hydrogens is 386 g/mol. The molecule has 3 rings (SSSR count). The number of carbonyl (C=O) groups is 2. The summed E-state index contributed by atoms with van der Waals surface area (Å²) in [7, 11) is -3.17. The highest BCUT2D eigenvalue weighted by Gasteiger charge is 2.28. The van der Waals surface area contributed by atoms with Crippen molar-refractivity contribution in [3.8, 4) is 5.75 Å². The Morgan fingerprint density at radius 1 is 1.25 bits per heavy atom. The summed E-state index contributed by atoms with van der Waals surface area (Å²) in [5, 5.41) is 8.75. The molecule has 28 heavy (non-hydrogen) atoms. The molecule has 154 valence electrons. The van der Waals surface area contributed by atoms with Crippen LogP contribution in [0.2, 0.25) is 0 Å². The van der Waals surface area contributed by atoms with Crippen molar-refractivity contribution in [2.75, 3.05) is 32.5 Å².